The molecule has 0 aliphatic carbocycles. The Morgan fingerprint density at radius 1 is 1.09 bits per heavy atom. The van der Waals surface area contributed by atoms with Gasteiger partial charge in [0, 0.05) is 25.1 Å². The van der Waals surface area contributed by atoms with Gasteiger partial charge in [0.25, 0.3) is 0 Å². The first-order chi connectivity index (χ1) is 20.3. The number of aryl methyl sites for hydroxylation is 1. The molecule has 13 heteroatoms. The van der Waals surface area contributed by atoms with Crippen molar-refractivity contribution in [2.45, 2.75) is 76.0 Å². The SMILES string of the molecule is CCS(=O)(=O)N1CCC(c2c(C)cc(Nc3ncc(Cl)c(Nc4ccccc4S(=O)(=O)C(C)C)n3)c3c2C[C@@H](C)O3)CC1. The summed E-state index contributed by atoms with van der Waals surface area (Å²) in [6, 6.07) is 8.68. The van der Waals surface area contributed by atoms with E-state index in [2.05, 4.69) is 27.5 Å². The maximum atomic E-state index is 13.0. The minimum atomic E-state index is -3.56. The number of hydrogen-bond acceptors (Lipinski definition) is 9. The van der Waals surface area contributed by atoms with Crippen LogP contribution >= 0.6 is 11.6 Å². The molecule has 232 valence electrons. The van der Waals surface area contributed by atoms with Gasteiger partial charge in [-0.2, -0.15) is 4.98 Å². The predicted molar refractivity (Wildman–Crippen MR) is 170 cm³/mol. The molecule has 0 spiro atoms. The van der Waals surface area contributed by atoms with Crippen LogP contribution in [0.25, 0.3) is 0 Å². The third-order valence-electron chi connectivity index (χ3n) is 8.12. The third-order valence-corrected chi connectivity index (χ3v) is 12.5. The Morgan fingerprint density at radius 3 is 2.47 bits per heavy atom. The molecule has 5 rings (SSSR count). The van der Waals surface area contributed by atoms with Crippen LogP contribution in [0, 0.1) is 6.92 Å². The summed E-state index contributed by atoms with van der Waals surface area (Å²) >= 11 is 6.44. The summed E-state index contributed by atoms with van der Waals surface area (Å²) in [4.78, 5) is 9.11. The number of sulfonamides is 1. The van der Waals surface area contributed by atoms with Crippen LogP contribution in [0.5, 0.6) is 5.75 Å². The Hall–Kier alpha value is -2.93. The molecule has 0 radical (unpaired) electrons. The van der Waals surface area contributed by atoms with Crippen molar-refractivity contribution in [2.24, 2.45) is 0 Å². The van der Waals surface area contributed by atoms with Crippen molar-refractivity contribution in [1.29, 1.82) is 0 Å². The molecule has 1 aromatic heterocycles. The maximum Gasteiger partial charge on any atom is 0.229 e. The summed E-state index contributed by atoms with van der Waals surface area (Å²) < 4.78 is 58.6. The van der Waals surface area contributed by atoms with Crippen LogP contribution in [0.2, 0.25) is 5.02 Å². The number of anilines is 4. The standard InChI is InChI=1S/C30H38ClN5O5S2/c1-6-42(37,38)36-13-11-21(12-14-36)27-19(4)15-25(28-22(27)16-20(5)41-28)34-30-32-17-23(31)29(35-30)33-24-9-7-8-10-26(24)43(39,40)18(2)3/h7-10,15,17-18,20-21H,6,11-14,16H2,1-5H3,(H2,32,33,34,35)/t20-/m1/s1. The number of ether oxygens (including phenoxy) is 1. The number of sulfone groups is 1. The maximum absolute atomic E-state index is 13.0. The zero-order valence-electron chi connectivity index (χ0n) is 25.0. The second-order valence-electron chi connectivity index (χ2n) is 11.4. The van der Waals surface area contributed by atoms with Gasteiger partial charge in [0.2, 0.25) is 16.0 Å². The van der Waals surface area contributed by atoms with Crippen molar-refractivity contribution in [1.82, 2.24) is 14.3 Å². The number of aromatic nitrogens is 2. The molecule has 1 atom stereocenters. The second kappa shape index (κ2) is 12.2. The quantitative estimate of drug-likeness (QED) is 0.289. The monoisotopic (exact) mass is 647 g/mol. The normalized spacial score (nSPS) is 18.0. The van der Waals surface area contributed by atoms with Crippen LogP contribution in [0.3, 0.4) is 0 Å². The molecule has 0 saturated carbocycles. The molecule has 43 heavy (non-hydrogen) atoms. The van der Waals surface area contributed by atoms with E-state index < -0.39 is 25.1 Å². The first kappa shape index (κ1) is 31.5. The predicted octanol–water partition coefficient (Wildman–Crippen LogP) is 5.96. The van der Waals surface area contributed by atoms with E-state index in [0.717, 1.165) is 41.8 Å². The van der Waals surface area contributed by atoms with E-state index in [0.29, 0.717) is 18.8 Å². The van der Waals surface area contributed by atoms with E-state index >= 15 is 0 Å². The molecule has 1 fully saturated rings. The van der Waals surface area contributed by atoms with E-state index in [1.807, 2.05) is 13.0 Å². The lowest BCUT2D eigenvalue weighted by molar-refractivity contribution is 0.256. The lowest BCUT2D eigenvalue weighted by atomic mass is 9.83. The van der Waals surface area contributed by atoms with Crippen molar-refractivity contribution in [3.05, 3.63) is 58.2 Å². The number of hydrogen-bond donors (Lipinski definition) is 2. The van der Waals surface area contributed by atoms with Crippen LogP contribution in [-0.4, -0.2) is 61.3 Å². The van der Waals surface area contributed by atoms with E-state index in [9.17, 15) is 16.8 Å². The van der Waals surface area contributed by atoms with Crippen molar-refractivity contribution in [3.63, 3.8) is 0 Å². The van der Waals surface area contributed by atoms with Gasteiger partial charge in [-0.15, -0.1) is 0 Å². The summed E-state index contributed by atoms with van der Waals surface area (Å²) in [6.45, 7) is 10.1. The average molecular weight is 648 g/mol. The second-order valence-corrected chi connectivity index (χ2v) is 16.5. The van der Waals surface area contributed by atoms with Crippen molar-refractivity contribution >= 4 is 54.6 Å². The molecule has 2 N–H and O–H groups in total. The van der Waals surface area contributed by atoms with Crippen LogP contribution in [0.15, 0.2) is 41.4 Å². The van der Waals surface area contributed by atoms with Gasteiger partial charge in [0.1, 0.15) is 16.9 Å². The third kappa shape index (κ3) is 6.33. The lowest BCUT2D eigenvalue weighted by Gasteiger charge is -2.33. The fourth-order valence-corrected chi connectivity index (χ4v) is 8.32. The molecule has 1 saturated heterocycles. The van der Waals surface area contributed by atoms with Crippen molar-refractivity contribution < 1.29 is 21.6 Å². The highest BCUT2D eigenvalue weighted by Gasteiger charge is 2.34. The van der Waals surface area contributed by atoms with Crippen LogP contribution in [-0.2, 0) is 26.3 Å². The summed E-state index contributed by atoms with van der Waals surface area (Å²) in [6.07, 6.45) is 3.72. The minimum Gasteiger partial charge on any atom is -0.488 e. The van der Waals surface area contributed by atoms with Gasteiger partial charge >= 0.3 is 0 Å². The average Bonchev–Trinajstić information content (AvgIpc) is 3.36. The van der Waals surface area contributed by atoms with Crippen LogP contribution in [0.4, 0.5) is 23.1 Å². The fraction of sp³-hybridized carbons (Fsp3) is 0.467. The molecule has 2 aliphatic rings. The highest BCUT2D eigenvalue weighted by molar-refractivity contribution is 7.92. The molecule has 10 nitrogen and oxygen atoms in total. The number of halogens is 1. The number of rotatable bonds is 9. The van der Waals surface area contributed by atoms with Crippen molar-refractivity contribution in [2.75, 3.05) is 29.5 Å². The first-order valence-electron chi connectivity index (χ1n) is 14.5. The number of fused-ring (bicyclic) bond motifs is 1. The lowest BCUT2D eigenvalue weighted by Crippen LogP contribution is -2.39. The van der Waals surface area contributed by atoms with E-state index in [-0.39, 0.29) is 39.5 Å². The number of benzene rings is 2. The number of nitrogens with zero attached hydrogens (tertiary/aromatic N) is 3. The summed E-state index contributed by atoms with van der Waals surface area (Å²) in [5.74, 6) is 1.64. The molecule has 2 aliphatic heterocycles. The molecular weight excluding hydrogens is 610 g/mol. The topological polar surface area (TPSA) is 131 Å². The molecule has 0 unspecified atom stereocenters. The molecule has 0 amide bonds. The molecule has 2 aromatic carbocycles. The fourth-order valence-electron chi connectivity index (χ4n) is 5.85. The zero-order chi connectivity index (χ0) is 31.1. The Bertz CT molecular complexity index is 1740. The van der Waals surface area contributed by atoms with E-state index in [1.165, 1.54) is 11.8 Å². The molecule has 0 bridgehead atoms. The summed E-state index contributed by atoms with van der Waals surface area (Å²) in [5, 5.41) is 6.02. The Morgan fingerprint density at radius 2 is 1.79 bits per heavy atom. The largest absolute Gasteiger partial charge is 0.488 e. The number of para-hydroxylation sites is 1. The van der Waals surface area contributed by atoms with Gasteiger partial charge < -0.3 is 15.4 Å². The van der Waals surface area contributed by atoms with Gasteiger partial charge in [0.15, 0.2) is 15.7 Å². The van der Waals surface area contributed by atoms with Gasteiger partial charge in [-0.1, -0.05) is 23.7 Å². The number of piperidine rings is 1. The van der Waals surface area contributed by atoms with Gasteiger partial charge in [-0.25, -0.2) is 26.1 Å². The number of nitrogens with one attached hydrogen (secondary N) is 2. The highest BCUT2D eigenvalue weighted by Crippen LogP contribution is 2.46. The van der Waals surface area contributed by atoms with E-state index in [4.69, 9.17) is 16.3 Å². The molecule has 3 heterocycles. The zero-order valence-corrected chi connectivity index (χ0v) is 27.4. The van der Waals surface area contributed by atoms with Gasteiger partial charge in [-0.3, -0.25) is 0 Å². The van der Waals surface area contributed by atoms with Crippen LogP contribution in [0.1, 0.15) is 63.1 Å². The Balaban J connectivity index is 1.43. The summed E-state index contributed by atoms with van der Waals surface area (Å²) in [5.41, 5.74) is 4.56. The minimum absolute atomic E-state index is 0.0144. The van der Waals surface area contributed by atoms with Gasteiger partial charge in [-0.05, 0) is 82.7 Å². The molecule has 3 aromatic rings. The summed E-state index contributed by atoms with van der Waals surface area (Å²) in [7, 11) is -6.75. The van der Waals surface area contributed by atoms with Crippen LogP contribution < -0.4 is 15.4 Å². The Labute approximate surface area is 259 Å². The first-order valence-corrected chi connectivity index (χ1v) is 18.1. The van der Waals surface area contributed by atoms with Gasteiger partial charge in [0.05, 0.1) is 33.5 Å². The van der Waals surface area contributed by atoms with Crippen molar-refractivity contribution in [3.8, 4) is 5.75 Å². The smallest absolute Gasteiger partial charge is 0.229 e. The highest BCUT2D eigenvalue weighted by atomic mass is 35.5. The molecular formula is C30H38ClN5O5S2. The van der Waals surface area contributed by atoms with E-state index in [1.54, 1.807) is 49.3 Å². The Kier molecular flexibility index (Phi) is 8.95.